The number of hydrogen-bond donors (Lipinski definition) is 0. The van der Waals surface area contributed by atoms with Gasteiger partial charge in [-0.25, -0.2) is 0 Å². The SMILES string of the molecule is CC=CCCC=CCC=CCCCCCCCCC1(CCCCCCCCC=CCC=CCC=CCC)OCC(CCN(C)C)O1. The molecule has 0 bridgehead atoms. The van der Waals surface area contributed by atoms with Gasteiger partial charge in [0.2, 0.25) is 0 Å². The van der Waals surface area contributed by atoms with E-state index >= 15 is 0 Å². The maximum Gasteiger partial charge on any atom is 0.168 e. The fraction of sp³-hybridized carbons (Fsp3) is 0.721. The molecule has 1 aliphatic rings. The molecular formula is C43H75NO2. The van der Waals surface area contributed by atoms with Crippen LogP contribution in [-0.4, -0.2) is 44.0 Å². The van der Waals surface area contributed by atoms with Crippen LogP contribution in [0.5, 0.6) is 0 Å². The molecule has 1 fully saturated rings. The number of rotatable bonds is 31. The molecule has 1 rings (SSSR count). The molecule has 0 radical (unpaired) electrons. The van der Waals surface area contributed by atoms with E-state index in [2.05, 4.69) is 106 Å². The first-order valence-corrected chi connectivity index (χ1v) is 19.4. The molecule has 0 saturated carbocycles. The fourth-order valence-corrected chi connectivity index (χ4v) is 5.97. The molecule has 2 unspecified atom stereocenters. The largest absolute Gasteiger partial charge is 0.347 e. The van der Waals surface area contributed by atoms with Gasteiger partial charge in [-0.2, -0.15) is 0 Å². The second-order valence-corrected chi connectivity index (χ2v) is 13.5. The van der Waals surface area contributed by atoms with Crippen LogP contribution in [0, 0.1) is 0 Å². The molecule has 0 spiro atoms. The average Bonchev–Trinajstić information content (AvgIpc) is 3.46. The lowest BCUT2D eigenvalue weighted by molar-refractivity contribution is -0.180. The molecule has 0 N–H and O–H groups in total. The smallest absolute Gasteiger partial charge is 0.168 e. The summed E-state index contributed by atoms with van der Waals surface area (Å²) in [7, 11) is 4.29. The van der Waals surface area contributed by atoms with E-state index in [-0.39, 0.29) is 11.9 Å². The van der Waals surface area contributed by atoms with Gasteiger partial charge in [-0.05, 0) is 104 Å². The molecule has 0 amide bonds. The monoisotopic (exact) mass is 638 g/mol. The molecule has 3 nitrogen and oxygen atoms in total. The summed E-state index contributed by atoms with van der Waals surface area (Å²) < 4.78 is 13.1. The van der Waals surface area contributed by atoms with Crippen molar-refractivity contribution in [3.05, 3.63) is 72.9 Å². The van der Waals surface area contributed by atoms with E-state index in [0.717, 1.165) is 70.9 Å². The molecule has 0 aromatic rings. The van der Waals surface area contributed by atoms with Gasteiger partial charge in [-0.1, -0.05) is 131 Å². The second-order valence-electron chi connectivity index (χ2n) is 13.5. The van der Waals surface area contributed by atoms with Crippen molar-refractivity contribution in [2.45, 2.75) is 173 Å². The summed E-state index contributed by atoms with van der Waals surface area (Å²) in [6, 6.07) is 0. The Kier molecular flexibility index (Phi) is 29.4. The van der Waals surface area contributed by atoms with Crippen LogP contribution in [0.15, 0.2) is 72.9 Å². The molecule has 46 heavy (non-hydrogen) atoms. The van der Waals surface area contributed by atoms with Crippen molar-refractivity contribution in [1.82, 2.24) is 4.90 Å². The summed E-state index contributed by atoms with van der Waals surface area (Å²) in [5.41, 5.74) is 0. The molecule has 1 heterocycles. The number of allylic oxidation sites excluding steroid dienone is 12. The van der Waals surface area contributed by atoms with Crippen LogP contribution < -0.4 is 0 Å². The summed E-state index contributed by atoms with van der Waals surface area (Å²) in [5.74, 6) is -0.325. The lowest BCUT2D eigenvalue weighted by atomic mass is 9.98. The van der Waals surface area contributed by atoms with Gasteiger partial charge in [0.15, 0.2) is 5.79 Å². The van der Waals surface area contributed by atoms with E-state index < -0.39 is 0 Å². The van der Waals surface area contributed by atoms with Gasteiger partial charge in [-0.3, -0.25) is 0 Å². The van der Waals surface area contributed by atoms with Crippen LogP contribution in [0.25, 0.3) is 0 Å². The predicted molar refractivity (Wildman–Crippen MR) is 204 cm³/mol. The first kappa shape index (κ1) is 42.3. The van der Waals surface area contributed by atoms with Gasteiger partial charge in [0.05, 0.1) is 12.7 Å². The molecule has 0 aromatic heterocycles. The summed E-state index contributed by atoms with van der Waals surface area (Å²) in [6.45, 7) is 6.10. The highest BCUT2D eigenvalue weighted by molar-refractivity contribution is 4.97. The Morgan fingerprint density at radius 3 is 1.54 bits per heavy atom. The minimum absolute atomic E-state index is 0.255. The van der Waals surface area contributed by atoms with Crippen molar-refractivity contribution in [1.29, 1.82) is 0 Å². The maximum atomic E-state index is 6.67. The van der Waals surface area contributed by atoms with Gasteiger partial charge in [-0.15, -0.1) is 0 Å². The Morgan fingerprint density at radius 2 is 1.02 bits per heavy atom. The van der Waals surface area contributed by atoms with Crippen molar-refractivity contribution in [3.63, 3.8) is 0 Å². The Bertz CT molecular complexity index is 836. The first-order valence-electron chi connectivity index (χ1n) is 19.4. The third-order valence-corrected chi connectivity index (χ3v) is 8.79. The molecule has 264 valence electrons. The molecule has 3 heteroatoms. The summed E-state index contributed by atoms with van der Waals surface area (Å²) in [5, 5.41) is 0. The second kappa shape index (κ2) is 31.9. The number of nitrogens with zero attached hydrogens (tertiary/aromatic N) is 1. The molecular weight excluding hydrogens is 562 g/mol. The average molecular weight is 638 g/mol. The van der Waals surface area contributed by atoms with Crippen molar-refractivity contribution in [2.24, 2.45) is 0 Å². The minimum Gasteiger partial charge on any atom is -0.347 e. The normalized spacial score (nSPS) is 19.4. The zero-order valence-electron chi connectivity index (χ0n) is 30.9. The van der Waals surface area contributed by atoms with Crippen molar-refractivity contribution in [2.75, 3.05) is 27.2 Å². The lowest BCUT2D eigenvalue weighted by Crippen LogP contribution is -2.31. The highest BCUT2D eigenvalue weighted by Gasteiger charge is 2.40. The zero-order chi connectivity index (χ0) is 33.2. The van der Waals surface area contributed by atoms with E-state index in [0.29, 0.717) is 0 Å². The van der Waals surface area contributed by atoms with Crippen LogP contribution in [0.3, 0.4) is 0 Å². The Morgan fingerprint density at radius 1 is 0.565 bits per heavy atom. The van der Waals surface area contributed by atoms with Crippen LogP contribution in [-0.2, 0) is 9.47 Å². The number of hydrogen-bond acceptors (Lipinski definition) is 3. The molecule has 1 saturated heterocycles. The van der Waals surface area contributed by atoms with E-state index in [4.69, 9.17) is 9.47 Å². The van der Waals surface area contributed by atoms with E-state index in [1.807, 2.05) is 0 Å². The van der Waals surface area contributed by atoms with Crippen molar-refractivity contribution >= 4 is 0 Å². The summed E-state index contributed by atoms with van der Waals surface area (Å²) in [6.07, 6.45) is 55.6. The Labute approximate surface area is 287 Å². The quantitative estimate of drug-likeness (QED) is 0.0557. The van der Waals surface area contributed by atoms with Crippen LogP contribution in [0.4, 0.5) is 0 Å². The fourth-order valence-electron chi connectivity index (χ4n) is 5.97. The summed E-state index contributed by atoms with van der Waals surface area (Å²) in [4.78, 5) is 2.25. The number of ether oxygens (including phenoxy) is 2. The number of unbranched alkanes of at least 4 members (excludes halogenated alkanes) is 13. The highest BCUT2D eigenvalue weighted by atomic mass is 16.7. The molecule has 1 aliphatic heterocycles. The van der Waals surface area contributed by atoms with Gasteiger partial charge in [0.1, 0.15) is 0 Å². The maximum absolute atomic E-state index is 6.67. The molecule has 2 atom stereocenters. The van der Waals surface area contributed by atoms with E-state index in [9.17, 15) is 0 Å². The lowest BCUT2D eigenvalue weighted by Gasteiger charge is -2.29. The molecule has 0 aromatic carbocycles. The van der Waals surface area contributed by atoms with Crippen molar-refractivity contribution < 1.29 is 9.47 Å². The highest BCUT2D eigenvalue weighted by Crippen LogP contribution is 2.35. The van der Waals surface area contributed by atoms with Crippen LogP contribution in [0.1, 0.15) is 162 Å². The van der Waals surface area contributed by atoms with Crippen LogP contribution >= 0.6 is 0 Å². The van der Waals surface area contributed by atoms with Gasteiger partial charge in [0, 0.05) is 19.4 Å². The minimum atomic E-state index is -0.325. The van der Waals surface area contributed by atoms with Gasteiger partial charge in [0.25, 0.3) is 0 Å². The molecule has 0 aliphatic carbocycles. The third-order valence-electron chi connectivity index (χ3n) is 8.79. The van der Waals surface area contributed by atoms with E-state index in [1.54, 1.807) is 0 Å². The van der Waals surface area contributed by atoms with Gasteiger partial charge < -0.3 is 14.4 Å². The Balaban J connectivity index is 2.18. The first-order chi connectivity index (χ1) is 22.6. The van der Waals surface area contributed by atoms with E-state index in [1.165, 1.54) is 89.9 Å². The van der Waals surface area contributed by atoms with Gasteiger partial charge >= 0.3 is 0 Å². The standard InChI is InChI=1S/C43H75NO2/c1-5-7-9-11-13-15-17-19-21-23-25-27-29-31-33-35-38-43(45-41-42(46-43)37-40-44(3)4)39-36-34-32-30-28-26-24-22-20-18-16-14-12-10-8-6-2/h5,7-8,10,13-16,19-22,42H,6,9,11-12,17-18,23-41H2,1-4H3. The zero-order valence-corrected chi connectivity index (χ0v) is 30.9. The third kappa shape index (κ3) is 26.4. The summed E-state index contributed by atoms with van der Waals surface area (Å²) >= 11 is 0. The topological polar surface area (TPSA) is 21.7 Å². The van der Waals surface area contributed by atoms with Crippen molar-refractivity contribution in [3.8, 4) is 0 Å². The van der Waals surface area contributed by atoms with Crippen LogP contribution in [0.2, 0.25) is 0 Å². The Hall–Kier alpha value is -1.68. The predicted octanol–water partition coefficient (Wildman–Crippen LogP) is 13.0.